The maximum atomic E-state index is 11.7. The first-order valence-corrected chi connectivity index (χ1v) is 19.3. The van der Waals surface area contributed by atoms with Gasteiger partial charge < -0.3 is 9.67 Å². The van der Waals surface area contributed by atoms with Crippen LogP contribution in [-0.4, -0.2) is 27.7 Å². The molecule has 3 aromatic carbocycles. The number of phenols is 1. The molecule has 0 aliphatic heterocycles. The molecule has 5 rings (SSSR count). The fourth-order valence-corrected chi connectivity index (χ4v) is 6.99. The third-order valence-electron chi connectivity index (χ3n) is 8.79. The highest BCUT2D eigenvalue weighted by molar-refractivity contribution is 6.88. The van der Waals surface area contributed by atoms with E-state index in [0.29, 0.717) is 11.7 Å². The van der Waals surface area contributed by atoms with Crippen molar-refractivity contribution in [3.63, 3.8) is 0 Å². The Bertz CT molecular complexity index is 1860. The van der Waals surface area contributed by atoms with Gasteiger partial charge >= 0.3 is 0 Å². The number of nitrogens with zero attached hydrogens (tertiary/aromatic N) is 3. The van der Waals surface area contributed by atoms with Crippen molar-refractivity contribution < 1.29 is 5.11 Å². The number of rotatable bonds is 5. The fraction of sp³-hybridized carbons (Fsp3) is 0.385. The van der Waals surface area contributed by atoms with Crippen molar-refractivity contribution in [1.82, 2.24) is 14.5 Å². The van der Waals surface area contributed by atoms with Crippen molar-refractivity contribution in [3.05, 3.63) is 83.6 Å². The van der Waals surface area contributed by atoms with Gasteiger partial charge in [0.1, 0.15) is 11.6 Å². The number of aryl methyl sites for hydroxylation is 1. The topological polar surface area (TPSA) is 50.9 Å². The number of fused-ring (bicyclic) bond motifs is 1. The molecule has 5 aromatic rings. The summed E-state index contributed by atoms with van der Waals surface area (Å²) in [6.45, 7) is 24.7. The number of hydrogen-bond acceptors (Lipinski definition) is 3. The second kappa shape index (κ2) is 11.0. The Morgan fingerprint density at radius 3 is 2.09 bits per heavy atom. The smallest absolute Gasteiger partial charge is 0.144 e. The third kappa shape index (κ3) is 5.99. The molecule has 0 amide bonds. The molecule has 1 N–H and O–H groups in total. The van der Waals surface area contributed by atoms with Crippen LogP contribution in [-0.2, 0) is 17.9 Å². The van der Waals surface area contributed by atoms with E-state index in [-0.39, 0.29) is 10.8 Å². The normalized spacial score (nSPS) is 12.8. The summed E-state index contributed by atoms with van der Waals surface area (Å²) in [5, 5.41) is 13.1. The number of phenolic OH excluding ortho intramolecular Hbond substituents is 1. The lowest BCUT2D eigenvalue weighted by Crippen LogP contribution is -2.37. The summed E-state index contributed by atoms with van der Waals surface area (Å²) in [4.78, 5) is 10.1. The average molecular weight is 604 g/mol. The van der Waals surface area contributed by atoms with Crippen molar-refractivity contribution in [2.45, 2.75) is 91.8 Å². The zero-order valence-corrected chi connectivity index (χ0v) is 29.7. The van der Waals surface area contributed by atoms with Gasteiger partial charge in [0.25, 0.3) is 0 Å². The van der Waals surface area contributed by atoms with Gasteiger partial charge in [0.05, 0.1) is 30.4 Å². The standard InChI is InChI=1S/C39H49N3OSi/c1-24(2)25-18-26(20-27(19-25)33-23-29(16-17-40-33)44(10,11)12)30-14-13-15-34-35(30)41-37(42(34)9)31-21-28(38(3,4)5)22-32(36(31)43)39(6,7)8/h13-24,43H,1-12H3. The molecule has 0 spiro atoms. The summed E-state index contributed by atoms with van der Waals surface area (Å²) in [6, 6.07) is 22.0. The van der Waals surface area contributed by atoms with Crippen LogP contribution >= 0.6 is 0 Å². The monoisotopic (exact) mass is 603 g/mol. The van der Waals surface area contributed by atoms with Gasteiger partial charge in [0.15, 0.2) is 0 Å². The van der Waals surface area contributed by atoms with E-state index in [1.54, 1.807) is 0 Å². The summed E-state index contributed by atoms with van der Waals surface area (Å²) in [7, 11) is 0.559. The minimum absolute atomic E-state index is 0.0767. The van der Waals surface area contributed by atoms with E-state index >= 15 is 0 Å². The van der Waals surface area contributed by atoms with Crippen LogP contribution in [0.4, 0.5) is 0 Å². The van der Waals surface area contributed by atoms with Crippen LogP contribution in [0.15, 0.2) is 66.9 Å². The molecule has 0 atom stereocenters. The van der Waals surface area contributed by atoms with Crippen LogP contribution in [0, 0.1) is 0 Å². The minimum atomic E-state index is -1.49. The van der Waals surface area contributed by atoms with Crippen LogP contribution in [0.25, 0.3) is 44.8 Å². The van der Waals surface area contributed by atoms with Crippen LogP contribution in [0.2, 0.25) is 19.6 Å². The summed E-state index contributed by atoms with van der Waals surface area (Å²) in [5.41, 5.74) is 10.2. The lowest BCUT2D eigenvalue weighted by molar-refractivity contribution is 0.446. The molecule has 2 heterocycles. The predicted molar refractivity (Wildman–Crippen MR) is 191 cm³/mol. The number of aromatic hydroxyl groups is 1. The summed E-state index contributed by atoms with van der Waals surface area (Å²) >= 11 is 0. The van der Waals surface area contributed by atoms with E-state index in [2.05, 4.69) is 147 Å². The van der Waals surface area contributed by atoms with Gasteiger partial charge in [-0.3, -0.25) is 4.98 Å². The van der Waals surface area contributed by atoms with E-state index in [1.165, 1.54) is 16.3 Å². The molecular weight excluding hydrogens is 555 g/mol. The second-order valence-corrected chi connectivity index (χ2v) is 20.8. The molecule has 0 bridgehead atoms. The van der Waals surface area contributed by atoms with Crippen molar-refractivity contribution in [1.29, 1.82) is 0 Å². The van der Waals surface area contributed by atoms with Gasteiger partial charge in [0.2, 0.25) is 0 Å². The van der Waals surface area contributed by atoms with Crippen molar-refractivity contribution in [3.8, 4) is 39.5 Å². The quantitative estimate of drug-likeness (QED) is 0.203. The highest BCUT2D eigenvalue weighted by atomic mass is 28.3. The van der Waals surface area contributed by atoms with Crippen LogP contribution in [0.3, 0.4) is 0 Å². The molecule has 0 radical (unpaired) electrons. The fourth-order valence-electron chi connectivity index (χ4n) is 5.84. The highest BCUT2D eigenvalue weighted by Gasteiger charge is 2.27. The van der Waals surface area contributed by atoms with Crippen molar-refractivity contribution in [2.24, 2.45) is 7.05 Å². The molecule has 0 aliphatic carbocycles. The van der Waals surface area contributed by atoms with E-state index in [0.717, 1.165) is 50.4 Å². The number of aromatic nitrogens is 3. The van der Waals surface area contributed by atoms with Gasteiger partial charge in [-0.2, -0.15) is 0 Å². The van der Waals surface area contributed by atoms with Gasteiger partial charge in [-0.25, -0.2) is 4.98 Å². The maximum Gasteiger partial charge on any atom is 0.144 e. The van der Waals surface area contributed by atoms with Gasteiger partial charge in [-0.15, -0.1) is 0 Å². The first-order chi connectivity index (χ1) is 20.4. The molecule has 2 aromatic heterocycles. The van der Waals surface area contributed by atoms with E-state index in [1.807, 2.05) is 6.20 Å². The molecule has 4 nitrogen and oxygen atoms in total. The van der Waals surface area contributed by atoms with E-state index in [4.69, 9.17) is 9.97 Å². The Hall–Kier alpha value is -3.70. The largest absolute Gasteiger partial charge is 0.507 e. The lowest BCUT2D eigenvalue weighted by atomic mass is 9.79. The highest BCUT2D eigenvalue weighted by Crippen LogP contribution is 2.43. The molecule has 0 saturated carbocycles. The van der Waals surface area contributed by atoms with Gasteiger partial charge in [-0.1, -0.05) is 104 Å². The number of hydrogen-bond donors (Lipinski definition) is 1. The Morgan fingerprint density at radius 1 is 0.795 bits per heavy atom. The predicted octanol–water partition coefficient (Wildman–Crippen LogP) is 9.94. The minimum Gasteiger partial charge on any atom is -0.507 e. The number of imidazole rings is 1. The van der Waals surface area contributed by atoms with Crippen LogP contribution < -0.4 is 5.19 Å². The number of pyridine rings is 1. The van der Waals surface area contributed by atoms with Gasteiger partial charge in [-0.05, 0) is 69.8 Å². The first kappa shape index (κ1) is 31.7. The van der Waals surface area contributed by atoms with Crippen molar-refractivity contribution in [2.75, 3.05) is 0 Å². The first-order valence-electron chi connectivity index (χ1n) is 15.8. The molecule has 0 unspecified atom stereocenters. The van der Waals surface area contributed by atoms with Crippen molar-refractivity contribution >= 4 is 24.3 Å². The molecule has 0 aliphatic rings. The number of benzene rings is 3. The zero-order valence-electron chi connectivity index (χ0n) is 28.7. The summed E-state index contributed by atoms with van der Waals surface area (Å²) in [6.07, 6.45) is 1.96. The Morgan fingerprint density at radius 2 is 1.48 bits per heavy atom. The van der Waals surface area contributed by atoms with E-state index < -0.39 is 8.07 Å². The van der Waals surface area contributed by atoms with Crippen LogP contribution in [0.5, 0.6) is 5.75 Å². The molecular formula is C39H49N3OSi. The molecule has 44 heavy (non-hydrogen) atoms. The maximum absolute atomic E-state index is 11.7. The summed E-state index contributed by atoms with van der Waals surface area (Å²) in [5.74, 6) is 1.44. The zero-order chi connectivity index (χ0) is 32.4. The Balaban J connectivity index is 1.75. The average Bonchev–Trinajstić information content (AvgIpc) is 3.27. The lowest BCUT2D eigenvalue weighted by Gasteiger charge is -2.27. The number of para-hydroxylation sites is 1. The van der Waals surface area contributed by atoms with Crippen LogP contribution in [0.1, 0.15) is 78.0 Å². The second-order valence-electron chi connectivity index (χ2n) is 15.8. The molecule has 5 heteroatoms. The van der Waals surface area contributed by atoms with E-state index in [9.17, 15) is 5.11 Å². The SMILES string of the molecule is CC(C)c1cc(-c2cc([Si](C)(C)C)ccn2)cc(-c2cccc3c2nc(-c2cc(C(C)(C)C)cc(C(C)(C)C)c2O)n3C)c1. The molecule has 0 fully saturated rings. The van der Waals surface area contributed by atoms with Gasteiger partial charge in [0, 0.05) is 29.9 Å². The molecule has 230 valence electrons. The molecule has 0 saturated heterocycles. The summed E-state index contributed by atoms with van der Waals surface area (Å²) < 4.78 is 2.12. The Labute approximate surface area is 265 Å². The third-order valence-corrected chi connectivity index (χ3v) is 10.8. The Kier molecular flexibility index (Phi) is 7.95.